The van der Waals surface area contributed by atoms with E-state index in [4.69, 9.17) is 4.98 Å². The maximum atomic E-state index is 4.93. The fourth-order valence-electron chi connectivity index (χ4n) is 3.27. The van der Waals surface area contributed by atoms with Crippen molar-refractivity contribution in [3.63, 3.8) is 0 Å². The van der Waals surface area contributed by atoms with Gasteiger partial charge in [-0.1, -0.05) is 72.8 Å². The molecule has 1 heterocycles. The van der Waals surface area contributed by atoms with Gasteiger partial charge in [-0.2, -0.15) is 0 Å². The van der Waals surface area contributed by atoms with Gasteiger partial charge in [-0.3, -0.25) is 4.98 Å². The molecule has 0 saturated heterocycles. The largest absolute Gasteiger partial charge is 0.252 e. The highest BCUT2D eigenvalue weighted by Gasteiger charge is 2.07. The van der Waals surface area contributed by atoms with Crippen molar-refractivity contribution < 1.29 is 0 Å². The molecule has 4 rings (SSSR count). The lowest BCUT2D eigenvalue weighted by Crippen LogP contribution is -1.96. The minimum atomic E-state index is 1.01. The summed E-state index contributed by atoms with van der Waals surface area (Å²) in [6.07, 6.45) is 3.24. The van der Waals surface area contributed by atoms with Crippen LogP contribution in [0.2, 0.25) is 0 Å². The van der Waals surface area contributed by atoms with Crippen LogP contribution in [-0.4, -0.2) is 4.98 Å². The molecule has 0 unspecified atom stereocenters. The summed E-state index contributed by atoms with van der Waals surface area (Å²) < 4.78 is 0. The van der Waals surface area contributed by atoms with E-state index >= 15 is 0 Å². The summed E-state index contributed by atoms with van der Waals surface area (Å²) in [5.41, 5.74) is 3.72. The number of para-hydroxylation sites is 1. The van der Waals surface area contributed by atoms with Crippen molar-refractivity contribution >= 4 is 21.7 Å². The van der Waals surface area contributed by atoms with Crippen molar-refractivity contribution in [2.45, 2.75) is 19.3 Å². The van der Waals surface area contributed by atoms with Crippen molar-refractivity contribution in [1.82, 2.24) is 4.98 Å². The zero-order valence-corrected chi connectivity index (χ0v) is 13.1. The second-order valence-electron chi connectivity index (χ2n) is 5.96. The van der Waals surface area contributed by atoms with E-state index in [2.05, 4.69) is 78.9 Å². The van der Waals surface area contributed by atoms with Gasteiger partial charge in [-0.25, -0.2) is 0 Å². The topological polar surface area (TPSA) is 12.9 Å². The first kappa shape index (κ1) is 14.0. The molecule has 0 fully saturated rings. The molecule has 0 spiro atoms. The molecule has 0 saturated carbocycles. The van der Waals surface area contributed by atoms with Gasteiger partial charge in [-0.05, 0) is 36.3 Å². The van der Waals surface area contributed by atoms with Crippen LogP contribution < -0.4 is 0 Å². The lowest BCUT2D eigenvalue weighted by Gasteiger charge is -2.09. The highest BCUT2D eigenvalue weighted by atomic mass is 14.7. The Kier molecular flexibility index (Phi) is 3.77. The fraction of sp³-hybridized carbons (Fsp3) is 0.136. The third kappa shape index (κ3) is 2.83. The lowest BCUT2D eigenvalue weighted by molar-refractivity contribution is 0.808. The van der Waals surface area contributed by atoms with Gasteiger partial charge >= 0.3 is 0 Å². The zero-order chi connectivity index (χ0) is 15.5. The summed E-state index contributed by atoms with van der Waals surface area (Å²) in [7, 11) is 0. The molecule has 4 aromatic rings. The Hall–Kier alpha value is -2.67. The smallest absolute Gasteiger partial charge is 0.0711 e. The molecule has 0 amide bonds. The molecule has 0 aliphatic carbocycles. The maximum absolute atomic E-state index is 4.93. The summed E-state index contributed by atoms with van der Waals surface area (Å²) >= 11 is 0. The summed E-state index contributed by atoms with van der Waals surface area (Å²) in [5.74, 6) is 0. The van der Waals surface area contributed by atoms with Crippen LogP contribution in [0.4, 0.5) is 0 Å². The van der Waals surface area contributed by atoms with E-state index < -0.39 is 0 Å². The SMILES string of the molecule is c1ccc(CCCc2nc3ccccc3c3ccccc23)cc1. The summed E-state index contributed by atoms with van der Waals surface area (Å²) in [6, 6.07) is 27.8. The van der Waals surface area contributed by atoms with Gasteiger partial charge in [-0.15, -0.1) is 0 Å². The molecule has 1 heteroatoms. The molecular formula is C22H19N. The van der Waals surface area contributed by atoms with Gasteiger partial charge in [0, 0.05) is 16.5 Å². The number of aryl methyl sites for hydroxylation is 2. The Morgan fingerprint density at radius 3 is 2.04 bits per heavy atom. The van der Waals surface area contributed by atoms with Gasteiger partial charge < -0.3 is 0 Å². The Balaban J connectivity index is 1.68. The fourth-order valence-corrected chi connectivity index (χ4v) is 3.27. The zero-order valence-electron chi connectivity index (χ0n) is 13.1. The lowest BCUT2D eigenvalue weighted by atomic mass is 10.00. The molecule has 0 radical (unpaired) electrons. The number of pyridine rings is 1. The number of nitrogens with zero attached hydrogens (tertiary/aromatic N) is 1. The molecule has 112 valence electrons. The van der Waals surface area contributed by atoms with Crippen molar-refractivity contribution in [2.75, 3.05) is 0 Å². The van der Waals surface area contributed by atoms with E-state index in [1.54, 1.807) is 0 Å². The van der Waals surface area contributed by atoms with E-state index in [-0.39, 0.29) is 0 Å². The Morgan fingerprint density at radius 1 is 0.565 bits per heavy atom. The molecule has 0 aliphatic heterocycles. The monoisotopic (exact) mass is 297 g/mol. The second-order valence-corrected chi connectivity index (χ2v) is 5.96. The van der Waals surface area contributed by atoms with Crippen molar-refractivity contribution in [1.29, 1.82) is 0 Å². The van der Waals surface area contributed by atoms with E-state index in [1.165, 1.54) is 27.4 Å². The average Bonchev–Trinajstić information content (AvgIpc) is 2.63. The minimum absolute atomic E-state index is 1.01. The van der Waals surface area contributed by atoms with Crippen LogP contribution in [-0.2, 0) is 12.8 Å². The number of hydrogen-bond donors (Lipinski definition) is 0. The van der Waals surface area contributed by atoms with Gasteiger partial charge in [0.15, 0.2) is 0 Å². The second kappa shape index (κ2) is 6.21. The van der Waals surface area contributed by atoms with Crippen LogP contribution in [0.3, 0.4) is 0 Å². The van der Waals surface area contributed by atoms with Crippen molar-refractivity contribution in [2.24, 2.45) is 0 Å². The van der Waals surface area contributed by atoms with Gasteiger partial charge in [0.25, 0.3) is 0 Å². The summed E-state index contributed by atoms with van der Waals surface area (Å²) in [5, 5.41) is 3.85. The van der Waals surface area contributed by atoms with Gasteiger partial charge in [0.2, 0.25) is 0 Å². The third-order valence-electron chi connectivity index (χ3n) is 4.41. The van der Waals surface area contributed by atoms with Crippen molar-refractivity contribution in [3.05, 3.63) is 90.1 Å². The van der Waals surface area contributed by atoms with Crippen LogP contribution in [0.25, 0.3) is 21.7 Å². The Labute approximate surface area is 136 Å². The Morgan fingerprint density at radius 2 is 1.22 bits per heavy atom. The van der Waals surface area contributed by atoms with Crippen molar-refractivity contribution in [3.8, 4) is 0 Å². The van der Waals surface area contributed by atoms with Crippen LogP contribution in [0.15, 0.2) is 78.9 Å². The predicted octanol–water partition coefficient (Wildman–Crippen LogP) is 5.56. The van der Waals surface area contributed by atoms with E-state index in [0.29, 0.717) is 0 Å². The maximum Gasteiger partial charge on any atom is 0.0711 e. The first-order valence-corrected chi connectivity index (χ1v) is 8.22. The van der Waals surface area contributed by atoms with Crippen LogP contribution >= 0.6 is 0 Å². The van der Waals surface area contributed by atoms with E-state index in [9.17, 15) is 0 Å². The minimum Gasteiger partial charge on any atom is -0.252 e. The number of benzene rings is 3. The predicted molar refractivity (Wildman–Crippen MR) is 97.7 cm³/mol. The first-order valence-electron chi connectivity index (χ1n) is 8.22. The molecular weight excluding hydrogens is 278 g/mol. The third-order valence-corrected chi connectivity index (χ3v) is 4.41. The molecule has 1 nitrogen and oxygen atoms in total. The highest BCUT2D eigenvalue weighted by Crippen LogP contribution is 2.27. The van der Waals surface area contributed by atoms with Crippen LogP contribution in [0, 0.1) is 0 Å². The molecule has 3 aromatic carbocycles. The summed E-state index contributed by atoms with van der Waals surface area (Å²) in [4.78, 5) is 4.93. The molecule has 0 atom stereocenters. The molecule has 0 N–H and O–H groups in total. The Bertz CT molecular complexity index is 942. The summed E-state index contributed by atoms with van der Waals surface area (Å²) in [6.45, 7) is 0. The highest BCUT2D eigenvalue weighted by molar-refractivity contribution is 6.06. The van der Waals surface area contributed by atoms with E-state index in [1.807, 2.05) is 0 Å². The standard InChI is InChI=1S/C22H19N/c1-2-9-17(10-3-1)11-8-16-22-20-13-5-4-12-18(20)19-14-6-7-15-21(19)23-22/h1-7,9-10,12-15H,8,11,16H2. The van der Waals surface area contributed by atoms with Gasteiger partial charge in [0.1, 0.15) is 0 Å². The van der Waals surface area contributed by atoms with Gasteiger partial charge in [0.05, 0.1) is 5.52 Å². The van der Waals surface area contributed by atoms with Crippen LogP contribution in [0.5, 0.6) is 0 Å². The number of aromatic nitrogens is 1. The number of hydrogen-bond acceptors (Lipinski definition) is 1. The van der Waals surface area contributed by atoms with Crippen LogP contribution in [0.1, 0.15) is 17.7 Å². The average molecular weight is 297 g/mol. The van der Waals surface area contributed by atoms with E-state index in [0.717, 1.165) is 24.8 Å². The quantitative estimate of drug-likeness (QED) is 0.449. The molecule has 0 aliphatic rings. The number of rotatable bonds is 4. The normalized spacial score (nSPS) is 11.1. The molecule has 23 heavy (non-hydrogen) atoms. The first-order chi connectivity index (χ1) is 11.4. The molecule has 1 aromatic heterocycles. The number of fused-ring (bicyclic) bond motifs is 3. The molecule has 0 bridgehead atoms.